The molecule has 2 rings (SSSR count). The zero-order chi connectivity index (χ0) is 16.0. The molecule has 0 aliphatic carbocycles. The number of hydrogen-bond donors (Lipinski definition) is 1. The minimum absolute atomic E-state index is 0.0120. The van der Waals surface area contributed by atoms with E-state index in [-0.39, 0.29) is 11.4 Å². The van der Waals surface area contributed by atoms with E-state index in [4.69, 9.17) is 4.74 Å². The molecule has 22 heavy (non-hydrogen) atoms. The molecular formula is C19H23NO2. The molecule has 3 heteroatoms. The number of benzene rings is 2. The van der Waals surface area contributed by atoms with Crippen molar-refractivity contribution < 1.29 is 9.53 Å². The van der Waals surface area contributed by atoms with E-state index in [1.54, 1.807) is 0 Å². The van der Waals surface area contributed by atoms with Gasteiger partial charge in [0.25, 0.3) is 0 Å². The van der Waals surface area contributed by atoms with Crippen LogP contribution in [0.25, 0.3) is 0 Å². The molecule has 0 radical (unpaired) electrons. The smallest absolute Gasteiger partial charge is 0.225 e. The van der Waals surface area contributed by atoms with Crippen molar-refractivity contribution in [3.05, 3.63) is 65.7 Å². The normalized spacial score (nSPS) is 11.0. The van der Waals surface area contributed by atoms with Crippen molar-refractivity contribution in [3.63, 3.8) is 0 Å². The molecule has 3 nitrogen and oxygen atoms in total. The van der Waals surface area contributed by atoms with Crippen LogP contribution in [0.5, 0.6) is 5.75 Å². The summed E-state index contributed by atoms with van der Waals surface area (Å²) in [5, 5.41) is 3.09. The van der Waals surface area contributed by atoms with E-state index in [1.807, 2.05) is 75.4 Å². The Morgan fingerprint density at radius 3 is 2.27 bits per heavy atom. The Hall–Kier alpha value is -2.29. The minimum atomic E-state index is -0.385. The standard InChI is InChI=1S/C19H23NO2/c1-4-22-17-12-10-15(11-13-17)14-18(21)20-19(2,3)16-8-6-5-7-9-16/h5-13H,4,14H2,1-3H3,(H,20,21). The molecule has 0 atom stereocenters. The number of amides is 1. The van der Waals surface area contributed by atoms with Gasteiger partial charge in [0.15, 0.2) is 0 Å². The van der Waals surface area contributed by atoms with Crippen LogP contribution >= 0.6 is 0 Å². The molecule has 1 N–H and O–H groups in total. The summed E-state index contributed by atoms with van der Waals surface area (Å²) in [4.78, 5) is 12.3. The summed E-state index contributed by atoms with van der Waals surface area (Å²) in [5.41, 5.74) is 1.68. The van der Waals surface area contributed by atoms with E-state index in [0.717, 1.165) is 16.9 Å². The predicted molar refractivity (Wildman–Crippen MR) is 88.9 cm³/mol. The number of rotatable bonds is 6. The number of carbonyl (C=O) groups excluding carboxylic acids is 1. The highest BCUT2D eigenvalue weighted by Gasteiger charge is 2.22. The van der Waals surface area contributed by atoms with Crippen molar-refractivity contribution in [2.75, 3.05) is 6.61 Å². The highest BCUT2D eigenvalue weighted by molar-refractivity contribution is 5.79. The number of nitrogens with one attached hydrogen (secondary N) is 1. The van der Waals surface area contributed by atoms with Gasteiger partial charge < -0.3 is 10.1 Å². The van der Waals surface area contributed by atoms with Gasteiger partial charge in [-0.2, -0.15) is 0 Å². The van der Waals surface area contributed by atoms with Crippen LogP contribution in [-0.2, 0) is 16.8 Å². The Balaban J connectivity index is 1.97. The van der Waals surface area contributed by atoms with Gasteiger partial charge in [-0.25, -0.2) is 0 Å². The highest BCUT2D eigenvalue weighted by Crippen LogP contribution is 2.20. The number of hydrogen-bond acceptors (Lipinski definition) is 2. The maximum absolute atomic E-state index is 12.3. The Labute approximate surface area is 132 Å². The summed E-state index contributed by atoms with van der Waals surface area (Å²) in [6.07, 6.45) is 0.364. The molecule has 0 unspecified atom stereocenters. The molecular weight excluding hydrogens is 274 g/mol. The lowest BCUT2D eigenvalue weighted by Gasteiger charge is -2.27. The van der Waals surface area contributed by atoms with E-state index in [9.17, 15) is 4.79 Å². The van der Waals surface area contributed by atoms with Crippen molar-refractivity contribution in [2.45, 2.75) is 32.7 Å². The monoisotopic (exact) mass is 297 g/mol. The Morgan fingerprint density at radius 1 is 1.05 bits per heavy atom. The van der Waals surface area contributed by atoms with Crippen molar-refractivity contribution in [1.29, 1.82) is 0 Å². The lowest BCUT2D eigenvalue weighted by atomic mass is 9.94. The summed E-state index contributed by atoms with van der Waals surface area (Å²) in [6.45, 7) is 6.62. The summed E-state index contributed by atoms with van der Waals surface area (Å²) in [7, 11) is 0. The van der Waals surface area contributed by atoms with Gasteiger partial charge in [0.05, 0.1) is 18.6 Å². The summed E-state index contributed by atoms with van der Waals surface area (Å²) in [5.74, 6) is 0.842. The van der Waals surface area contributed by atoms with Crippen LogP contribution in [0, 0.1) is 0 Å². The average molecular weight is 297 g/mol. The second kappa shape index (κ2) is 7.12. The van der Waals surface area contributed by atoms with Crippen LogP contribution in [0.15, 0.2) is 54.6 Å². The van der Waals surface area contributed by atoms with E-state index < -0.39 is 0 Å². The van der Waals surface area contributed by atoms with Gasteiger partial charge in [-0.1, -0.05) is 42.5 Å². The van der Waals surface area contributed by atoms with Gasteiger partial charge >= 0.3 is 0 Å². The van der Waals surface area contributed by atoms with E-state index in [2.05, 4.69) is 5.32 Å². The maximum atomic E-state index is 12.3. The first-order chi connectivity index (χ1) is 10.5. The molecule has 0 aliphatic rings. The van der Waals surface area contributed by atoms with Crippen LogP contribution in [0.1, 0.15) is 31.9 Å². The summed E-state index contributed by atoms with van der Waals surface area (Å²) < 4.78 is 5.40. The number of ether oxygens (including phenoxy) is 1. The second-order valence-electron chi connectivity index (χ2n) is 5.79. The largest absolute Gasteiger partial charge is 0.494 e. The van der Waals surface area contributed by atoms with Crippen LogP contribution in [0.3, 0.4) is 0 Å². The molecule has 0 saturated heterocycles. The fourth-order valence-corrected chi connectivity index (χ4v) is 2.38. The Morgan fingerprint density at radius 2 is 1.68 bits per heavy atom. The number of carbonyl (C=O) groups is 1. The topological polar surface area (TPSA) is 38.3 Å². The van der Waals surface area contributed by atoms with Gasteiger partial charge in [0, 0.05) is 0 Å². The third kappa shape index (κ3) is 4.35. The fourth-order valence-electron chi connectivity index (χ4n) is 2.38. The first-order valence-corrected chi connectivity index (χ1v) is 7.59. The van der Waals surface area contributed by atoms with Crippen molar-refractivity contribution in [2.24, 2.45) is 0 Å². The van der Waals surface area contributed by atoms with Crippen molar-refractivity contribution >= 4 is 5.91 Å². The first kappa shape index (κ1) is 16.1. The molecule has 0 bridgehead atoms. The second-order valence-corrected chi connectivity index (χ2v) is 5.79. The molecule has 2 aromatic rings. The van der Waals surface area contributed by atoms with Gasteiger partial charge in [0.2, 0.25) is 5.91 Å². The van der Waals surface area contributed by atoms with Crippen LogP contribution < -0.4 is 10.1 Å². The average Bonchev–Trinajstić information content (AvgIpc) is 2.50. The van der Waals surface area contributed by atoms with Gasteiger partial charge in [0.1, 0.15) is 5.75 Å². The van der Waals surface area contributed by atoms with Crippen LogP contribution in [-0.4, -0.2) is 12.5 Å². The zero-order valence-corrected chi connectivity index (χ0v) is 13.4. The predicted octanol–water partition coefficient (Wildman–Crippen LogP) is 3.68. The molecule has 0 saturated carbocycles. The molecule has 0 aliphatic heterocycles. The van der Waals surface area contributed by atoms with E-state index in [1.165, 1.54) is 0 Å². The molecule has 0 aromatic heterocycles. The summed E-state index contributed by atoms with van der Waals surface area (Å²) >= 11 is 0. The Kier molecular flexibility index (Phi) is 5.21. The maximum Gasteiger partial charge on any atom is 0.225 e. The first-order valence-electron chi connectivity index (χ1n) is 7.59. The third-order valence-corrected chi connectivity index (χ3v) is 3.55. The SMILES string of the molecule is CCOc1ccc(CC(=O)NC(C)(C)c2ccccc2)cc1. The fraction of sp³-hybridized carbons (Fsp3) is 0.316. The Bertz CT molecular complexity index is 603. The molecule has 0 fully saturated rings. The van der Waals surface area contributed by atoms with Gasteiger partial charge in [-0.05, 0) is 44.0 Å². The van der Waals surface area contributed by atoms with E-state index in [0.29, 0.717) is 13.0 Å². The molecule has 2 aromatic carbocycles. The molecule has 0 spiro atoms. The molecule has 1 amide bonds. The van der Waals surface area contributed by atoms with Gasteiger partial charge in [-0.3, -0.25) is 4.79 Å². The van der Waals surface area contributed by atoms with Crippen molar-refractivity contribution in [3.8, 4) is 5.75 Å². The van der Waals surface area contributed by atoms with E-state index >= 15 is 0 Å². The lowest BCUT2D eigenvalue weighted by Crippen LogP contribution is -2.41. The third-order valence-electron chi connectivity index (χ3n) is 3.55. The minimum Gasteiger partial charge on any atom is -0.494 e. The molecule has 0 heterocycles. The molecule has 116 valence electrons. The van der Waals surface area contributed by atoms with Crippen LogP contribution in [0.2, 0.25) is 0 Å². The van der Waals surface area contributed by atoms with Crippen molar-refractivity contribution in [1.82, 2.24) is 5.32 Å². The quantitative estimate of drug-likeness (QED) is 0.883. The van der Waals surface area contributed by atoms with Gasteiger partial charge in [-0.15, -0.1) is 0 Å². The highest BCUT2D eigenvalue weighted by atomic mass is 16.5. The summed E-state index contributed by atoms with van der Waals surface area (Å²) in [6, 6.07) is 17.6. The van der Waals surface area contributed by atoms with Crippen LogP contribution in [0.4, 0.5) is 0 Å². The zero-order valence-electron chi connectivity index (χ0n) is 13.4. The lowest BCUT2D eigenvalue weighted by molar-refractivity contribution is -0.122.